The molecule has 0 saturated heterocycles. The van der Waals surface area contributed by atoms with Crippen molar-refractivity contribution in [2.75, 3.05) is 14.2 Å². The normalized spacial score (nSPS) is 10.9. The molecule has 0 N–H and O–H groups in total. The molecule has 86 valence electrons. The Labute approximate surface area is 103 Å². The van der Waals surface area contributed by atoms with Gasteiger partial charge in [0.2, 0.25) is 0 Å². The van der Waals surface area contributed by atoms with Gasteiger partial charge in [0.1, 0.15) is 11.5 Å². The molecule has 17 heavy (non-hydrogen) atoms. The lowest BCUT2D eigenvalue weighted by molar-refractivity contribution is 0.411. The Balaban J connectivity index is 2.54. The fourth-order valence-corrected chi connectivity index (χ4v) is 3.11. The predicted molar refractivity (Wildman–Crippen MR) is 72.4 cm³/mol. The average Bonchev–Trinajstić information content (AvgIpc) is 2.85. The van der Waals surface area contributed by atoms with Crippen molar-refractivity contribution >= 4 is 32.2 Å². The molecule has 2 nitrogen and oxygen atoms in total. The van der Waals surface area contributed by atoms with Crippen LogP contribution in [0, 0.1) is 0 Å². The van der Waals surface area contributed by atoms with Crippen molar-refractivity contribution in [2.45, 2.75) is 0 Å². The van der Waals surface area contributed by atoms with Crippen LogP contribution in [0.1, 0.15) is 0 Å². The Morgan fingerprint density at radius 2 is 1.65 bits per heavy atom. The summed E-state index contributed by atoms with van der Waals surface area (Å²) in [4.78, 5) is 0. The van der Waals surface area contributed by atoms with Crippen molar-refractivity contribution < 1.29 is 9.47 Å². The zero-order valence-electron chi connectivity index (χ0n) is 9.69. The number of hydrogen-bond donors (Lipinski definition) is 0. The van der Waals surface area contributed by atoms with Crippen LogP contribution < -0.4 is 9.47 Å². The fraction of sp³-hybridized carbons (Fsp3) is 0.143. The van der Waals surface area contributed by atoms with Crippen LogP contribution in [0.15, 0.2) is 35.7 Å². The van der Waals surface area contributed by atoms with E-state index in [1.165, 1.54) is 10.1 Å². The third kappa shape index (κ3) is 1.46. The van der Waals surface area contributed by atoms with E-state index >= 15 is 0 Å². The van der Waals surface area contributed by atoms with Crippen molar-refractivity contribution in [3.8, 4) is 11.5 Å². The molecule has 0 spiro atoms. The number of methoxy groups -OCH3 is 2. The second kappa shape index (κ2) is 3.93. The summed E-state index contributed by atoms with van der Waals surface area (Å²) >= 11 is 1.73. The van der Waals surface area contributed by atoms with Crippen molar-refractivity contribution in [3.05, 3.63) is 35.7 Å². The first-order chi connectivity index (χ1) is 8.35. The van der Waals surface area contributed by atoms with E-state index in [9.17, 15) is 0 Å². The van der Waals surface area contributed by atoms with Gasteiger partial charge in [-0.3, -0.25) is 0 Å². The smallest absolute Gasteiger partial charge is 0.128 e. The molecule has 0 fully saturated rings. The van der Waals surface area contributed by atoms with Crippen molar-refractivity contribution in [3.63, 3.8) is 0 Å². The molecule has 3 aromatic rings. The van der Waals surface area contributed by atoms with Crippen LogP contribution in [0.2, 0.25) is 0 Å². The highest BCUT2D eigenvalue weighted by molar-refractivity contribution is 7.18. The maximum atomic E-state index is 5.46. The molecular weight excluding hydrogens is 232 g/mol. The molecule has 0 aliphatic carbocycles. The molecule has 1 aromatic heterocycles. The molecule has 2 aromatic carbocycles. The molecule has 1 heterocycles. The minimum absolute atomic E-state index is 0.885. The first-order valence-electron chi connectivity index (χ1n) is 5.36. The Morgan fingerprint density at radius 3 is 2.41 bits per heavy atom. The maximum absolute atomic E-state index is 5.46. The fourth-order valence-electron chi connectivity index (χ4n) is 2.15. The monoisotopic (exact) mass is 244 g/mol. The SMILES string of the molecule is COc1ccc(OC)c2c1ccc1ccsc12. The highest BCUT2D eigenvalue weighted by Gasteiger charge is 2.11. The van der Waals surface area contributed by atoms with Gasteiger partial charge < -0.3 is 9.47 Å². The zero-order chi connectivity index (χ0) is 11.8. The van der Waals surface area contributed by atoms with Gasteiger partial charge in [0, 0.05) is 15.5 Å². The Hall–Kier alpha value is -1.74. The van der Waals surface area contributed by atoms with E-state index in [1.807, 2.05) is 12.1 Å². The minimum atomic E-state index is 0.885. The third-order valence-corrected chi connectivity index (χ3v) is 3.91. The summed E-state index contributed by atoms with van der Waals surface area (Å²) in [5, 5.41) is 5.58. The van der Waals surface area contributed by atoms with Gasteiger partial charge in [0.15, 0.2) is 0 Å². The summed E-state index contributed by atoms with van der Waals surface area (Å²) in [5.74, 6) is 1.78. The van der Waals surface area contributed by atoms with Crippen molar-refractivity contribution in [2.24, 2.45) is 0 Å². The number of ether oxygens (including phenoxy) is 2. The van der Waals surface area contributed by atoms with Crippen LogP contribution in [0.5, 0.6) is 11.5 Å². The maximum Gasteiger partial charge on any atom is 0.128 e. The van der Waals surface area contributed by atoms with Gasteiger partial charge in [-0.25, -0.2) is 0 Å². The molecule has 0 saturated carbocycles. The summed E-state index contributed by atoms with van der Waals surface area (Å²) in [7, 11) is 3.40. The predicted octanol–water partition coefficient (Wildman–Crippen LogP) is 4.07. The first-order valence-corrected chi connectivity index (χ1v) is 6.24. The molecule has 3 rings (SSSR count). The van der Waals surface area contributed by atoms with Gasteiger partial charge >= 0.3 is 0 Å². The highest BCUT2D eigenvalue weighted by atomic mass is 32.1. The molecule has 0 aliphatic rings. The van der Waals surface area contributed by atoms with Crippen LogP contribution in [0.4, 0.5) is 0 Å². The van der Waals surface area contributed by atoms with Crippen LogP contribution in [0.3, 0.4) is 0 Å². The topological polar surface area (TPSA) is 18.5 Å². The summed E-state index contributed by atoms with van der Waals surface area (Å²) in [6, 6.07) is 10.2. The molecule has 0 unspecified atom stereocenters. The third-order valence-electron chi connectivity index (χ3n) is 2.96. The molecule has 0 amide bonds. The van der Waals surface area contributed by atoms with Crippen LogP contribution in [-0.2, 0) is 0 Å². The summed E-state index contributed by atoms with van der Waals surface area (Å²) in [5.41, 5.74) is 0. The average molecular weight is 244 g/mol. The van der Waals surface area contributed by atoms with Gasteiger partial charge in [0.25, 0.3) is 0 Å². The first kappa shape index (κ1) is 10.4. The number of rotatable bonds is 2. The van der Waals surface area contributed by atoms with E-state index in [0.717, 1.165) is 22.3 Å². The zero-order valence-corrected chi connectivity index (χ0v) is 10.5. The van der Waals surface area contributed by atoms with E-state index in [0.29, 0.717) is 0 Å². The van der Waals surface area contributed by atoms with Crippen LogP contribution >= 0.6 is 11.3 Å². The summed E-state index contributed by atoms with van der Waals surface area (Å²) < 4.78 is 12.1. The number of benzene rings is 2. The molecule has 3 heteroatoms. The summed E-state index contributed by atoms with van der Waals surface area (Å²) in [6.07, 6.45) is 0. The lowest BCUT2D eigenvalue weighted by Gasteiger charge is -2.10. The van der Waals surface area contributed by atoms with Gasteiger partial charge in [-0.1, -0.05) is 6.07 Å². The molecule has 0 radical (unpaired) electrons. The van der Waals surface area contributed by atoms with Gasteiger partial charge in [-0.15, -0.1) is 11.3 Å². The summed E-state index contributed by atoms with van der Waals surface area (Å²) in [6.45, 7) is 0. The van der Waals surface area contributed by atoms with Gasteiger partial charge in [-0.2, -0.15) is 0 Å². The Kier molecular flexibility index (Phi) is 2.41. The van der Waals surface area contributed by atoms with E-state index < -0.39 is 0 Å². The second-order valence-corrected chi connectivity index (χ2v) is 4.71. The number of hydrogen-bond acceptors (Lipinski definition) is 3. The lowest BCUT2D eigenvalue weighted by atomic mass is 10.1. The lowest BCUT2D eigenvalue weighted by Crippen LogP contribution is -1.89. The molecule has 0 atom stereocenters. The van der Waals surface area contributed by atoms with E-state index in [1.54, 1.807) is 25.6 Å². The standard InChI is InChI=1S/C14H12O2S/c1-15-11-5-6-12(16-2)13-10(11)4-3-9-7-8-17-14(9)13/h3-8H,1-2H3. The number of thiophene rings is 1. The molecule has 0 bridgehead atoms. The van der Waals surface area contributed by atoms with Gasteiger partial charge in [-0.05, 0) is 35.0 Å². The van der Waals surface area contributed by atoms with E-state index in [2.05, 4.69) is 23.6 Å². The number of fused-ring (bicyclic) bond motifs is 3. The minimum Gasteiger partial charge on any atom is -0.496 e. The Morgan fingerprint density at radius 1 is 0.882 bits per heavy atom. The van der Waals surface area contributed by atoms with Crippen LogP contribution in [0.25, 0.3) is 20.9 Å². The van der Waals surface area contributed by atoms with Crippen molar-refractivity contribution in [1.29, 1.82) is 0 Å². The molecular formula is C14H12O2S. The van der Waals surface area contributed by atoms with E-state index in [4.69, 9.17) is 9.47 Å². The second-order valence-electron chi connectivity index (χ2n) is 3.80. The largest absolute Gasteiger partial charge is 0.496 e. The van der Waals surface area contributed by atoms with Gasteiger partial charge in [0.05, 0.1) is 14.2 Å². The quantitative estimate of drug-likeness (QED) is 0.676. The highest BCUT2D eigenvalue weighted by Crippen LogP contribution is 2.39. The molecule has 0 aliphatic heterocycles. The van der Waals surface area contributed by atoms with Crippen LogP contribution in [-0.4, -0.2) is 14.2 Å². The Bertz CT molecular complexity index is 685. The van der Waals surface area contributed by atoms with E-state index in [-0.39, 0.29) is 0 Å². The van der Waals surface area contributed by atoms with Crippen molar-refractivity contribution in [1.82, 2.24) is 0 Å².